The van der Waals surface area contributed by atoms with Gasteiger partial charge in [-0.25, -0.2) is 0 Å². The van der Waals surface area contributed by atoms with Crippen LogP contribution in [0.2, 0.25) is 0 Å². The summed E-state index contributed by atoms with van der Waals surface area (Å²) in [4.78, 5) is 7.01. The maximum atomic E-state index is 4.48. The number of aryl methyl sites for hydroxylation is 1. The molecule has 2 rings (SSSR count). The van der Waals surface area contributed by atoms with E-state index in [0.29, 0.717) is 0 Å². The Morgan fingerprint density at radius 2 is 2.17 bits per heavy atom. The van der Waals surface area contributed by atoms with Crippen molar-refractivity contribution in [1.29, 1.82) is 0 Å². The van der Waals surface area contributed by atoms with Gasteiger partial charge >= 0.3 is 0 Å². The fourth-order valence-corrected chi connectivity index (χ4v) is 2.54. The summed E-state index contributed by atoms with van der Waals surface area (Å²) in [6.45, 7) is 8.93. The van der Waals surface area contributed by atoms with Crippen molar-refractivity contribution in [3.8, 4) is 0 Å². The van der Waals surface area contributed by atoms with Gasteiger partial charge in [-0.1, -0.05) is 13.0 Å². The summed E-state index contributed by atoms with van der Waals surface area (Å²) in [7, 11) is 0. The molecule has 3 nitrogen and oxygen atoms in total. The summed E-state index contributed by atoms with van der Waals surface area (Å²) in [5.41, 5.74) is 2.54. The lowest BCUT2D eigenvalue weighted by Crippen LogP contribution is -2.42. The average molecular weight is 247 g/mol. The van der Waals surface area contributed by atoms with Gasteiger partial charge in [0.2, 0.25) is 0 Å². The van der Waals surface area contributed by atoms with Crippen molar-refractivity contribution in [2.45, 2.75) is 45.7 Å². The highest BCUT2D eigenvalue weighted by Gasteiger charge is 2.19. The van der Waals surface area contributed by atoms with Gasteiger partial charge in [-0.15, -0.1) is 0 Å². The third kappa shape index (κ3) is 3.79. The van der Waals surface area contributed by atoms with E-state index in [0.717, 1.165) is 19.1 Å². The minimum atomic E-state index is 0.728. The topological polar surface area (TPSA) is 28.2 Å². The molecule has 1 fully saturated rings. The van der Waals surface area contributed by atoms with Gasteiger partial charge in [-0.3, -0.25) is 9.88 Å². The molecule has 0 bridgehead atoms. The Hall–Kier alpha value is -0.930. The van der Waals surface area contributed by atoms with Crippen LogP contribution in [0.15, 0.2) is 18.3 Å². The van der Waals surface area contributed by atoms with Crippen LogP contribution in [-0.4, -0.2) is 35.6 Å². The van der Waals surface area contributed by atoms with E-state index < -0.39 is 0 Å². The summed E-state index contributed by atoms with van der Waals surface area (Å²) in [6, 6.07) is 4.89. The van der Waals surface area contributed by atoms with Gasteiger partial charge in [0.1, 0.15) is 0 Å². The normalized spacial score (nSPS) is 18.1. The zero-order valence-corrected chi connectivity index (χ0v) is 11.7. The number of hydrogen-bond donors (Lipinski definition) is 1. The van der Waals surface area contributed by atoms with Crippen LogP contribution in [0, 0.1) is 6.92 Å². The van der Waals surface area contributed by atoms with Crippen molar-refractivity contribution >= 4 is 0 Å². The molecule has 1 aliphatic rings. The second-order valence-electron chi connectivity index (χ2n) is 5.27. The lowest BCUT2D eigenvalue weighted by molar-refractivity contribution is 0.189. The van der Waals surface area contributed by atoms with Crippen molar-refractivity contribution < 1.29 is 0 Å². The molecule has 0 amide bonds. The fourth-order valence-electron chi connectivity index (χ4n) is 2.54. The molecule has 0 saturated carbocycles. The predicted molar refractivity (Wildman–Crippen MR) is 75.6 cm³/mol. The van der Waals surface area contributed by atoms with Crippen LogP contribution in [0.1, 0.15) is 37.4 Å². The number of piperidine rings is 1. The van der Waals surface area contributed by atoms with Crippen LogP contribution in [0.5, 0.6) is 0 Å². The molecule has 1 aromatic heterocycles. The maximum absolute atomic E-state index is 4.48. The van der Waals surface area contributed by atoms with E-state index in [-0.39, 0.29) is 0 Å². The minimum absolute atomic E-state index is 0.728. The molecule has 3 heteroatoms. The molecule has 1 saturated heterocycles. The summed E-state index contributed by atoms with van der Waals surface area (Å²) in [5, 5.41) is 3.62. The zero-order chi connectivity index (χ0) is 12.8. The summed E-state index contributed by atoms with van der Waals surface area (Å²) >= 11 is 0. The van der Waals surface area contributed by atoms with E-state index in [4.69, 9.17) is 0 Å². The Labute approximate surface area is 111 Å². The molecule has 0 aromatic carbocycles. The molecule has 1 aromatic rings. The van der Waals surface area contributed by atoms with Crippen LogP contribution < -0.4 is 5.32 Å². The van der Waals surface area contributed by atoms with E-state index in [9.17, 15) is 0 Å². The third-order valence-electron chi connectivity index (χ3n) is 3.76. The van der Waals surface area contributed by atoms with Crippen LogP contribution in [0.3, 0.4) is 0 Å². The van der Waals surface area contributed by atoms with Gasteiger partial charge in [0.25, 0.3) is 0 Å². The molecule has 1 aliphatic heterocycles. The molecule has 2 heterocycles. The molecule has 1 N–H and O–H groups in total. The van der Waals surface area contributed by atoms with E-state index in [1.165, 1.54) is 43.6 Å². The van der Waals surface area contributed by atoms with E-state index in [1.54, 1.807) is 0 Å². The highest BCUT2D eigenvalue weighted by Crippen LogP contribution is 2.14. The number of rotatable bonds is 5. The van der Waals surface area contributed by atoms with Crippen molar-refractivity contribution in [2.24, 2.45) is 0 Å². The second kappa shape index (κ2) is 6.86. The second-order valence-corrected chi connectivity index (χ2v) is 5.27. The van der Waals surface area contributed by atoms with Gasteiger partial charge in [0.15, 0.2) is 0 Å². The van der Waals surface area contributed by atoms with Gasteiger partial charge in [0, 0.05) is 31.9 Å². The summed E-state index contributed by atoms with van der Waals surface area (Å²) in [5.74, 6) is 0. The van der Waals surface area contributed by atoms with Crippen molar-refractivity contribution in [1.82, 2.24) is 15.2 Å². The largest absolute Gasteiger partial charge is 0.314 e. The first kappa shape index (κ1) is 13.5. The highest BCUT2D eigenvalue weighted by molar-refractivity contribution is 5.17. The molecule has 0 spiro atoms. The number of nitrogens with one attached hydrogen (secondary N) is 1. The number of hydrogen-bond acceptors (Lipinski definition) is 3. The first-order valence-electron chi connectivity index (χ1n) is 7.16. The Kier molecular flexibility index (Phi) is 5.14. The van der Waals surface area contributed by atoms with E-state index >= 15 is 0 Å². The Morgan fingerprint density at radius 1 is 1.39 bits per heavy atom. The third-order valence-corrected chi connectivity index (χ3v) is 3.76. The SMILES string of the molecule is CCCNC1CCN(Cc2ncccc2C)CC1. The molecule has 0 aliphatic carbocycles. The van der Waals surface area contributed by atoms with Gasteiger partial charge < -0.3 is 5.32 Å². The van der Waals surface area contributed by atoms with Gasteiger partial charge in [-0.05, 0) is 44.4 Å². The molecular weight excluding hydrogens is 222 g/mol. The predicted octanol–water partition coefficient (Wildman–Crippen LogP) is 2.35. The monoisotopic (exact) mass is 247 g/mol. The minimum Gasteiger partial charge on any atom is -0.314 e. The van der Waals surface area contributed by atoms with E-state index in [2.05, 4.69) is 35.1 Å². The Morgan fingerprint density at radius 3 is 2.83 bits per heavy atom. The molecule has 0 unspecified atom stereocenters. The van der Waals surface area contributed by atoms with Crippen molar-refractivity contribution in [3.05, 3.63) is 29.6 Å². The first-order valence-corrected chi connectivity index (χ1v) is 7.16. The lowest BCUT2D eigenvalue weighted by atomic mass is 10.0. The number of aromatic nitrogens is 1. The van der Waals surface area contributed by atoms with Crippen LogP contribution >= 0.6 is 0 Å². The molecular formula is C15H25N3. The smallest absolute Gasteiger partial charge is 0.0573 e. The molecule has 0 radical (unpaired) electrons. The fraction of sp³-hybridized carbons (Fsp3) is 0.667. The Bertz CT molecular complexity index is 357. The first-order chi connectivity index (χ1) is 8.79. The van der Waals surface area contributed by atoms with Crippen LogP contribution in [-0.2, 0) is 6.54 Å². The van der Waals surface area contributed by atoms with Crippen molar-refractivity contribution in [3.63, 3.8) is 0 Å². The standard InChI is InChI=1S/C15H25N3/c1-3-8-16-14-6-10-18(11-7-14)12-15-13(2)5-4-9-17-15/h4-5,9,14,16H,3,6-8,10-12H2,1-2H3. The van der Waals surface area contributed by atoms with Crippen molar-refractivity contribution in [2.75, 3.05) is 19.6 Å². The molecule has 0 atom stereocenters. The maximum Gasteiger partial charge on any atom is 0.0573 e. The van der Waals surface area contributed by atoms with Crippen LogP contribution in [0.4, 0.5) is 0 Å². The summed E-state index contributed by atoms with van der Waals surface area (Å²) in [6.07, 6.45) is 5.67. The number of likely N-dealkylation sites (tertiary alicyclic amines) is 1. The quantitative estimate of drug-likeness (QED) is 0.865. The molecule has 100 valence electrons. The molecule has 18 heavy (non-hydrogen) atoms. The van der Waals surface area contributed by atoms with E-state index in [1.807, 2.05) is 12.3 Å². The summed E-state index contributed by atoms with van der Waals surface area (Å²) < 4.78 is 0. The number of nitrogens with zero attached hydrogens (tertiary/aromatic N) is 2. The van der Waals surface area contributed by atoms with Crippen LogP contribution in [0.25, 0.3) is 0 Å². The number of pyridine rings is 1. The Balaban J connectivity index is 1.78. The zero-order valence-electron chi connectivity index (χ0n) is 11.7. The average Bonchev–Trinajstić information content (AvgIpc) is 2.41. The van der Waals surface area contributed by atoms with Gasteiger partial charge in [0.05, 0.1) is 5.69 Å². The highest BCUT2D eigenvalue weighted by atomic mass is 15.1. The lowest BCUT2D eigenvalue weighted by Gasteiger charge is -2.32. The van der Waals surface area contributed by atoms with Gasteiger partial charge in [-0.2, -0.15) is 0 Å².